The van der Waals surface area contributed by atoms with Gasteiger partial charge in [-0.15, -0.1) is 0 Å². The fraction of sp³-hybridized carbons (Fsp3) is 0.818. The first kappa shape index (κ1) is 25.3. The van der Waals surface area contributed by atoms with Gasteiger partial charge in [0.05, 0.1) is 25.4 Å². The maximum atomic E-state index is 9.06. The van der Waals surface area contributed by atoms with Crippen molar-refractivity contribution < 1.29 is 14.9 Å². The van der Waals surface area contributed by atoms with Crippen LogP contribution in [0, 0.1) is 0 Å². The van der Waals surface area contributed by atoms with E-state index in [2.05, 4.69) is 31.2 Å². The average Bonchev–Trinajstić information content (AvgIpc) is 2.66. The van der Waals surface area contributed by atoms with E-state index in [1.165, 1.54) is 57.8 Å². The molecule has 154 valence electrons. The van der Waals surface area contributed by atoms with Crippen molar-refractivity contribution in [2.24, 2.45) is 5.73 Å². The summed E-state index contributed by atoms with van der Waals surface area (Å²) in [6, 6.07) is 0. The van der Waals surface area contributed by atoms with Crippen molar-refractivity contribution >= 4 is 0 Å². The van der Waals surface area contributed by atoms with Crippen molar-refractivity contribution in [3.8, 4) is 0 Å². The number of aliphatic hydroxyl groups is 2. The Labute approximate surface area is 161 Å². The van der Waals surface area contributed by atoms with Gasteiger partial charge in [-0.05, 0) is 38.5 Å². The summed E-state index contributed by atoms with van der Waals surface area (Å²) in [6.45, 7) is 2.58. The minimum absolute atomic E-state index is 0.209. The number of rotatable bonds is 19. The summed E-state index contributed by atoms with van der Waals surface area (Å²) in [5, 5.41) is 18.1. The molecule has 4 heteroatoms. The van der Waals surface area contributed by atoms with Gasteiger partial charge in [0.2, 0.25) is 0 Å². The largest absolute Gasteiger partial charge is 0.394 e. The summed E-state index contributed by atoms with van der Waals surface area (Å²) in [5.41, 5.74) is 4.73. The third-order valence-electron chi connectivity index (χ3n) is 4.51. The Morgan fingerprint density at radius 3 is 1.88 bits per heavy atom. The first-order valence-electron chi connectivity index (χ1n) is 10.6. The highest BCUT2D eigenvalue weighted by molar-refractivity contribution is 4.92. The van der Waals surface area contributed by atoms with Crippen LogP contribution in [-0.4, -0.2) is 42.2 Å². The summed E-state index contributed by atoms with van der Waals surface area (Å²) in [5.74, 6) is 0. The van der Waals surface area contributed by atoms with E-state index >= 15 is 0 Å². The summed E-state index contributed by atoms with van der Waals surface area (Å²) >= 11 is 0. The van der Waals surface area contributed by atoms with E-state index < -0.39 is 5.54 Å². The van der Waals surface area contributed by atoms with Gasteiger partial charge in [0.1, 0.15) is 0 Å². The second-order valence-electron chi connectivity index (χ2n) is 7.32. The molecule has 0 atom stereocenters. The van der Waals surface area contributed by atoms with Crippen molar-refractivity contribution in [2.45, 2.75) is 89.5 Å². The monoisotopic (exact) mass is 369 g/mol. The van der Waals surface area contributed by atoms with Crippen LogP contribution in [0.25, 0.3) is 0 Å². The fourth-order valence-electron chi connectivity index (χ4n) is 2.61. The van der Waals surface area contributed by atoms with Crippen LogP contribution in [-0.2, 0) is 4.74 Å². The van der Waals surface area contributed by atoms with E-state index in [1.54, 1.807) is 0 Å². The molecule has 4 nitrogen and oxygen atoms in total. The maximum absolute atomic E-state index is 9.06. The van der Waals surface area contributed by atoms with Crippen LogP contribution in [0.1, 0.15) is 84.0 Å². The van der Waals surface area contributed by atoms with Crippen molar-refractivity contribution in [1.29, 1.82) is 0 Å². The molecule has 0 bridgehead atoms. The highest BCUT2D eigenvalue weighted by atomic mass is 16.5. The standard InChI is InChI=1S/C22H43NO3/c1-2-3-4-5-6-7-8-9-10-11-12-13-14-15-16-17-18-26-21-22(23,19-24)20-25/h6-7,9-10,24-25H,2-5,8,11-21,23H2,1H3/b7-6-,10-9-. The van der Waals surface area contributed by atoms with Gasteiger partial charge in [0, 0.05) is 6.61 Å². The molecule has 0 aromatic heterocycles. The van der Waals surface area contributed by atoms with Gasteiger partial charge in [0.15, 0.2) is 0 Å². The van der Waals surface area contributed by atoms with Crippen LogP contribution in [0.2, 0.25) is 0 Å². The summed E-state index contributed by atoms with van der Waals surface area (Å²) in [6.07, 6.45) is 23.9. The van der Waals surface area contributed by atoms with Gasteiger partial charge in [-0.1, -0.05) is 69.8 Å². The van der Waals surface area contributed by atoms with Crippen LogP contribution in [0.15, 0.2) is 24.3 Å². The van der Waals surface area contributed by atoms with Crippen LogP contribution >= 0.6 is 0 Å². The van der Waals surface area contributed by atoms with E-state index in [-0.39, 0.29) is 19.8 Å². The molecule has 4 N–H and O–H groups in total. The first-order valence-corrected chi connectivity index (χ1v) is 10.6. The predicted molar refractivity (Wildman–Crippen MR) is 111 cm³/mol. The van der Waals surface area contributed by atoms with E-state index in [9.17, 15) is 0 Å². The minimum atomic E-state index is -1.00. The van der Waals surface area contributed by atoms with Crippen LogP contribution in [0.5, 0.6) is 0 Å². The van der Waals surface area contributed by atoms with Gasteiger partial charge >= 0.3 is 0 Å². The molecule has 0 radical (unpaired) electrons. The van der Waals surface area contributed by atoms with E-state index in [0.29, 0.717) is 6.61 Å². The molecular weight excluding hydrogens is 326 g/mol. The molecule has 0 amide bonds. The summed E-state index contributed by atoms with van der Waals surface area (Å²) < 4.78 is 5.44. The van der Waals surface area contributed by atoms with Crippen molar-refractivity contribution in [2.75, 3.05) is 26.4 Å². The number of nitrogens with two attached hydrogens (primary N) is 1. The highest BCUT2D eigenvalue weighted by Gasteiger charge is 2.22. The van der Waals surface area contributed by atoms with E-state index in [4.69, 9.17) is 20.7 Å². The van der Waals surface area contributed by atoms with E-state index in [0.717, 1.165) is 19.3 Å². The molecule has 0 aliphatic carbocycles. The lowest BCUT2D eigenvalue weighted by Gasteiger charge is -2.24. The molecule has 0 aliphatic rings. The van der Waals surface area contributed by atoms with E-state index in [1.807, 2.05) is 0 Å². The Morgan fingerprint density at radius 2 is 1.31 bits per heavy atom. The quantitative estimate of drug-likeness (QED) is 0.231. The summed E-state index contributed by atoms with van der Waals surface area (Å²) in [4.78, 5) is 0. The zero-order valence-electron chi connectivity index (χ0n) is 17.0. The molecule has 0 rings (SSSR count). The smallest absolute Gasteiger partial charge is 0.0859 e. The molecule has 26 heavy (non-hydrogen) atoms. The first-order chi connectivity index (χ1) is 12.7. The van der Waals surface area contributed by atoms with Crippen LogP contribution < -0.4 is 5.73 Å². The predicted octanol–water partition coefficient (Wildman–Crippen LogP) is 4.50. The third-order valence-corrected chi connectivity index (χ3v) is 4.51. The van der Waals surface area contributed by atoms with Gasteiger partial charge in [0.25, 0.3) is 0 Å². The van der Waals surface area contributed by atoms with Gasteiger partial charge in [-0.25, -0.2) is 0 Å². The molecule has 0 fully saturated rings. The SMILES string of the molecule is CCCCC/C=C\C/C=C\CCCCCCCCOCC(N)(CO)CO. The molecule has 0 aliphatic heterocycles. The fourth-order valence-corrected chi connectivity index (χ4v) is 2.61. The van der Waals surface area contributed by atoms with Crippen LogP contribution in [0.4, 0.5) is 0 Å². The Morgan fingerprint density at radius 1 is 0.769 bits per heavy atom. The molecule has 0 unspecified atom stereocenters. The Kier molecular flexibility index (Phi) is 18.6. The molecule has 0 spiro atoms. The molecule has 0 saturated heterocycles. The normalized spacial score (nSPS) is 12.6. The molecule has 0 aromatic rings. The average molecular weight is 370 g/mol. The minimum Gasteiger partial charge on any atom is -0.394 e. The van der Waals surface area contributed by atoms with Crippen molar-refractivity contribution in [1.82, 2.24) is 0 Å². The second kappa shape index (κ2) is 19.1. The number of allylic oxidation sites excluding steroid dienone is 4. The number of unbranched alkanes of at least 4 members (excludes halogenated alkanes) is 9. The van der Waals surface area contributed by atoms with Gasteiger partial charge in [-0.2, -0.15) is 0 Å². The van der Waals surface area contributed by atoms with Crippen molar-refractivity contribution in [3.05, 3.63) is 24.3 Å². The molecule has 0 heterocycles. The van der Waals surface area contributed by atoms with Crippen LogP contribution in [0.3, 0.4) is 0 Å². The lowest BCUT2D eigenvalue weighted by Crippen LogP contribution is -2.51. The van der Waals surface area contributed by atoms with Gasteiger partial charge in [-0.3, -0.25) is 0 Å². The molecule has 0 saturated carbocycles. The molecular formula is C22H43NO3. The zero-order chi connectivity index (χ0) is 19.3. The van der Waals surface area contributed by atoms with Gasteiger partial charge < -0.3 is 20.7 Å². The Hall–Kier alpha value is -0.680. The van der Waals surface area contributed by atoms with Crippen molar-refractivity contribution in [3.63, 3.8) is 0 Å². The third kappa shape index (κ3) is 16.8. The Balaban J connectivity index is 3.27. The number of hydrogen-bond acceptors (Lipinski definition) is 4. The highest BCUT2D eigenvalue weighted by Crippen LogP contribution is 2.09. The summed E-state index contributed by atoms with van der Waals surface area (Å²) in [7, 11) is 0. The number of hydrogen-bond donors (Lipinski definition) is 3. The maximum Gasteiger partial charge on any atom is 0.0859 e. The number of ether oxygens (including phenoxy) is 1. The molecule has 0 aromatic carbocycles. The Bertz CT molecular complexity index is 338. The number of aliphatic hydroxyl groups excluding tert-OH is 2. The lowest BCUT2D eigenvalue weighted by molar-refractivity contribution is 0.0238. The topological polar surface area (TPSA) is 75.7 Å². The lowest BCUT2D eigenvalue weighted by atomic mass is 10.1. The zero-order valence-corrected chi connectivity index (χ0v) is 17.0. The second-order valence-corrected chi connectivity index (χ2v) is 7.32.